The van der Waals surface area contributed by atoms with Gasteiger partial charge in [-0.2, -0.15) is 0 Å². The summed E-state index contributed by atoms with van der Waals surface area (Å²) in [7, 11) is 4.90. The van der Waals surface area contributed by atoms with Gasteiger partial charge < -0.3 is 38.2 Å². The van der Waals surface area contributed by atoms with Crippen LogP contribution in [0.5, 0.6) is 17.4 Å². The highest BCUT2D eigenvalue weighted by Crippen LogP contribution is 2.57. The Labute approximate surface area is 289 Å². The number of ether oxygens (including phenoxy) is 3. The molecule has 4 aromatic rings. The Morgan fingerprint density at radius 3 is 2.26 bits per heavy atom. The van der Waals surface area contributed by atoms with Crippen molar-refractivity contribution in [3.63, 3.8) is 0 Å². The second-order valence-corrected chi connectivity index (χ2v) is 13.4. The normalized spacial score (nSPS) is 23.0. The third-order valence-electron chi connectivity index (χ3n) is 9.69. The van der Waals surface area contributed by atoms with E-state index in [0.29, 0.717) is 5.56 Å². The molecule has 3 aliphatic rings. The number of rotatable bonds is 10. The van der Waals surface area contributed by atoms with Gasteiger partial charge in [0.1, 0.15) is 30.3 Å². The number of carbonyl (C=O) groups excluding carboxylic acids is 2. The molecule has 5 atom stereocenters. The molecule has 1 unspecified atom stereocenters. The summed E-state index contributed by atoms with van der Waals surface area (Å²) >= 11 is -2.79. The number of ketones is 2. The lowest BCUT2D eigenvalue weighted by Gasteiger charge is -2.49. The Morgan fingerprint density at radius 2 is 1.66 bits per heavy atom. The number of aliphatic hydroxyl groups excluding tert-OH is 1. The topological polar surface area (TPSA) is 184 Å². The van der Waals surface area contributed by atoms with Gasteiger partial charge in [-0.3, -0.25) is 18.7 Å². The van der Waals surface area contributed by atoms with Crippen molar-refractivity contribution in [2.75, 3.05) is 25.9 Å². The lowest BCUT2D eigenvalue weighted by Crippen LogP contribution is -2.63. The summed E-state index contributed by atoms with van der Waals surface area (Å²) in [6.45, 7) is 0.0508. The minimum Gasteiger partial charge on any atom is -0.755 e. The second kappa shape index (κ2) is 13.0. The van der Waals surface area contributed by atoms with Crippen LogP contribution in [0.2, 0.25) is 0 Å². The van der Waals surface area contributed by atoms with Gasteiger partial charge in [-0.25, -0.2) is 0 Å². The van der Waals surface area contributed by atoms with E-state index in [0.717, 1.165) is 11.1 Å². The summed E-state index contributed by atoms with van der Waals surface area (Å²) in [6, 6.07) is 19.0. The van der Waals surface area contributed by atoms with Crippen LogP contribution in [0.1, 0.15) is 50.8 Å². The van der Waals surface area contributed by atoms with E-state index >= 15 is 0 Å². The Hall–Kier alpha value is -5.02. The zero-order valence-electron chi connectivity index (χ0n) is 27.4. The molecule has 0 radical (unpaired) electrons. The largest absolute Gasteiger partial charge is 0.755 e. The van der Waals surface area contributed by atoms with E-state index in [1.54, 1.807) is 19.0 Å². The molecule has 14 heteroatoms. The number of hydrogen-bond donors (Lipinski definition) is 3. The molecule has 1 fully saturated rings. The minimum atomic E-state index is -2.79. The summed E-state index contributed by atoms with van der Waals surface area (Å²) in [5, 5.41) is 28.4. The van der Waals surface area contributed by atoms with Gasteiger partial charge in [-0.15, -0.1) is 0 Å². The summed E-state index contributed by atoms with van der Waals surface area (Å²) in [5.74, 6) is -3.86. The zero-order valence-corrected chi connectivity index (χ0v) is 28.2. The van der Waals surface area contributed by atoms with Crippen LogP contribution < -0.4 is 18.9 Å². The van der Waals surface area contributed by atoms with Crippen LogP contribution in [0.3, 0.4) is 0 Å². The van der Waals surface area contributed by atoms with Gasteiger partial charge in [-0.1, -0.05) is 60.7 Å². The monoisotopic (exact) mass is 700 g/mol. The van der Waals surface area contributed by atoms with Crippen molar-refractivity contribution in [1.29, 1.82) is 0 Å². The maximum atomic E-state index is 14.7. The number of Topliss-reactive ketones (excluding diaryl/α,β-unsaturated/α-hetero) is 2. The molecular formula is C36H34N3O10S-. The van der Waals surface area contributed by atoms with Gasteiger partial charge in [0.15, 0.2) is 17.1 Å². The number of hydrogen-bond acceptors (Lipinski definition) is 12. The van der Waals surface area contributed by atoms with E-state index in [4.69, 9.17) is 18.7 Å². The third kappa shape index (κ3) is 5.44. The average molecular weight is 701 g/mol. The summed E-state index contributed by atoms with van der Waals surface area (Å²) in [5.41, 5.74) is -0.891. The fourth-order valence-corrected chi connectivity index (χ4v) is 7.83. The maximum Gasteiger partial charge on any atom is 0.265 e. The molecular weight excluding hydrogens is 666 g/mol. The Morgan fingerprint density at radius 1 is 1.02 bits per heavy atom. The molecule has 0 bridgehead atoms. The molecule has 1 saturated carbocycles. The molecule has 0 spiro atoms. The van der Waals surface area contributed by atoms with Crippen LogP contribution in [0.4, 0.5) is 5.69 Å². The highest BCUT2D eigenvalue weighted by atomic mass is 32.2. The van der Waals surface area contributed by atoms with Gasteiger partial charge >= 0.3 is 0 Å². The number of methoxy groups -OCH3 is 1. The lowest BCUT2D eigenvalue weighted by molar-refractivity contribution is -0.142. The first kappa shape index (κ1) is 33.5. The molecule has 3 N–H and O–H groups in total. The van der Waals surface area contributed by atoms with E-state index in [9.17, 15) is 28.6 Å². The fraction of sp³-hybridized carbons (Fsp3) is 0.306. The molecule has 260 valence electrons. The second-order valence-electron chi connectivity index (χ2n) is 12.8. The van der Waals surface area contributed by atoms with Crippen molar-refractivity contribution >= 4 is 34.3 Å². The van der Waals surface area contributed by atoms with Crippen molar-refractivity contribution < 1.29 is 47.3 Å². The SMILES string of the molecule is COc1cc(NS(=O)[O-])c(OCc2ccccc2)c2c1C[C@H]1C[C@H]3[C@H](N(C)C)c4onc(OCc5ccccc5)c4C(=O)[C@@]3(O)C(=O)C1=C2O. The summed E-state index contributed by atoms with van der Waals surface area (Å²) < 4.78 is 49.4. The number of aromatic nitrogens is 1. The molecule has 7 rings (SSSR count). The molecule has 3 aliphatic carbocycles. The molecule has 0 saturated heterocycles. The maximum absolute atomic E-state index is 14.7. The van der Waals surface area contributed by atoms with Crippen LogP contribution in [0.25, 0.3) is 5.76 Å². The van der Waals surface area contributed by atoms with Crippen molar-refractivity contribution in [2.45, 2.75) is 37.7 Å². The molecule has 0 aliphatic heterocycles. The highest BCUT2D eigenvalue weighted by Gasteiger charge is 2.65. The Kier molecular flexibility index (Phi) is 8.72. The van der Waals surface area contributed by atoms with Gasteiger partial charge in [0.25, 0.3) is 5.88 Å². The highest BCUT2D eigenvalue weighted by molar-refractivity contribution is 7.80. The van der Waals surface area contributed by atoms with Crippen molar-refractivity contribution in [3.05, 3.63) is 106 Å². The van der Waals surface area contributed by atoms with Crippen molar-refractivity contribution in [1.82, 2.24) is 10.1 Å². The van der Waals surface area contributed by atoms with Crippen LogP contribution in [0, 0.1) is 11.8 Å². The molecule has 50 heavy (non-hydrogen) atoms. The molecule has 13 nitrogen and oxygen atoms in total. The van der Waals surface area contributed by atoms with Gasteiger partial charge in [0, 0.05) is 34.4 Å². The molecule has 0 amide bonds. The Bertz CT molecular complexity index is 2030. The predicted molar refractivity (Wildman–Crippen MR) is 179 cm³/mol. The Balaban J connectivity index is 1.34. The van der Waals surface area contributed by atoms with Gasteiger partial charge in [-0.05, 0) is 49.1 Å². The summed E-state index contributed by atoms with van der Waals surface area (Å²) in [6.07, 6.45) is 0.256. The van der Waals surface area contributed by atoms with E-state index in [1.807, 2.05) is 60.7 Å². The third-order valence-corrected chi connectivity index (χ3v) is 10.1. The molecule has 3 aromatic carbocycles. The number of nitrogens with one attached hydrogen (secondary N) is 1. The molecule has 1 aromatic heterocycles. The minimum absolute atomic E-state index is 0.00317. The standard InChI is InChI=1S/C36H35N3O10S/c1-39(2)29-23-15-21-14-22-25(46-3)16-24(38-50(44)45)31(47-17-19-10-6-4-7-11-19)27(22)30(40)26(21)33(41)36(23,43)34(42)28-32(29)49-37-35(28)48-18-20-12-8-5-9-13-20/h4-13,16,21,23,29,38,40,43H,14-15,17-18H2,1-3H3,(H,44,45)/p-1/t21-,23-,29-,36-/m0/s1. The lowest BCUT2D eigenvalue weighted by atomic mass is 9.57. The van der Waals surface area contributed by atoms with E-state index in [-0.39, 0.29) is 71.6 Å². The van der Waals surface area contributed by atoms with Crippen LogP contribution in [0.15, 0.2) is 76.8 Å². The smallest absolute Gasteiger partial charge is 0.265 e. The van der Waals surface area contributed by atoms with Crippen LogP contribution in [-0.4, -0.2) is 67.4 Å². The molecule has 1 heterocycles. The number of fused-ring (bicyclic) bond motifs is 4. The van der Waals surface area contributed by atoms with E-state index in [1.165, 1.54) is 13.2 Å². The van der Waals surface area contributed by atoms with Gasteiger partial charge in [0.05, 0.1) is 24.4 Å². The van der Waals surface area contributed by atoms with E-state index in [2.05, 4.69) is 9.88 Å². The van der Waals surface area contributed by atoms with Crippen LogP contribution in [-0.2, 0) is 35.7 Å². The first-order chi connectivity index (χ1) is 24.0. The first-order valence-electron chi connectivity index (χ1n) is 15.9. The predicted octanol–water partition coefficient (Wildman–Crippen LogP) is 4.31. The summed E-state index contributed by atoms with van der Waals surface area (Å²) in [4.78, 5) is 30.8. The average Bonchev–Trinajstić information content (AvgIpc) is 3.52. The zero-order chi connectivity index (χ0) is 35.3. The number of benzene rings is 3. The van der Waals surface area contributed by atoms with E-state index < -0.39 is 52.1 Å². The first-order valence-corrected chi connectivity index (χ1v) is 17.0. The van der Waals surface area contributed by atoms with Crippen LogP contribution >= 0.6 is 0 Å². The number of nitrogens with zero attached hydrogens (tertiary/aromatic N) is 2. The quantitative estimate of drug-likeness (QED) is 0.158. The number of anilines is 1. The number of aliphatic hydroxyl groups is 2. The van der Waals surface area contributed by atoms with Crippen molar-refractivity contribution in [3.8, 4) is 17.4 Å². The number of carbonyl (C=O) groups is 2. The fourth-order valence-electron chi connectivity index (χ4n) is 7.50. The van der Waals surface area contributed by atoms with Gasteiger partial charge in [0.2, 0.25) is 11.6 Å². The van der Waals surface area contributed by atoms with Crippen molar-refractivity contribution in [2.24, 2.45) is 11.8 Å².